The molecule has 0 radical (unpaired) electrons. The van der Waals surface area contributed by atoms with Crippen LogP contribution in [-0.4, -0.2) is 9.97 Å². The van der Waals surface area contributed by atoms with Crippen molar-refractivity contribution in [2.45, 2.75) is 0 Å². The summed E-state index contributed by atoms with van der Waals surface area (Å²) in [7, 11) is 0. The second-order valence-corrected chi connectivity index (χ2v) is 4.25. The third kappa shape index (κ3) is 1.76. The van der Waals surface area contributed by atoms with Crippen molar-refractivity contribution < 1.29 is 0 Å². The van der Waals surface area contributed by atoms with Gasteiger partial charge in [-0.1, -0.05) is 40.3 Å². The summed E-state index contributed by atoms with van der Waals surface area (Å²) < 4.78 is 0.998. The summed E-state index contributed by atoms with van der Waals surface area (Å²) >= 11 is 8.25. The van der Waals surface area contributed by atoms with E-state index in [0.29, 0.717) is 10.7 Å². The van der Waals surface area contributed by atoms with Gasteiger partial charge in [-0.05, 0) is 18.2 Å². The largest absolute Gasteiger partial charge is 0.388 e. The molecule has 0 aliphatic rings. The molecule has 0 saturated heterocycles. The highest BCUT2D eigenvalue weighted by molar-refractivity contribution is 9.10. The smallest absolute Gasteiger partial charge is 0.122 e. The Morgan fingerprint density at radius 3 is 2.71 bits per heavy atom. The Balaban J connectivity index is 2.69. The number of hydrogen-bond acceptors (Lipinski definition) is 2. The molecule has 0 unspecified atom stereocenters. The molecule has 0 bridgehead atoms. The Hall–Kier alpha value is -1.00. The molecule has 0 aliphatic heterocycles. The predicted octanol–water partition coefficient (Wildman–Crippen LogP) is 2.63. The third-order valence-corrected chi connectivity index (χ3v) is 2.61. The Morgan fingerprint density at radius 2 is 2.00 bits per heavy atom. The third-order valence-electron chi connectivity index (χ3n) is 1.91. The second-order valence-electron chi connectivity index (χ2n) is 2.90. The summed E-state index contributed by atoms with van der Waals surface area (Å²) in [6, 6.07) is 9.71. The molecular weight excluding hydrogens is 260 g/mol. The van der Waals surface area contributed by atoms with Crippen LogP contribution in [0.15, 0.2) is 34.8 Å². The predicted molar refractivity (Wildman–Crippen MR) is 65.3 cm³/mol. The first-order valence-electron chi connectivity index (χ1n) is 4.03. The summed E-state index contributed by atoms with van der Waals surface area (Å²) in [6.45, 7) is 0. The van der Waals surface area contributed by atoms with Gasteiger partial charge in [0.15, 0.2) is 0 Å². The molecular formula is C10H7BrN2S. The molecule has 1 aromatic carbocycles. The number of benzene rings is 1. The molecule has 4 heteroatoms. The summed E-state index contributed by atoms with van der Waals surface area (Å²) in [5, 5.41) is 1.08. The van der Waals surface area contributed by atoms with E-state index in [9.17, 15) is 0 Å². The van der Waals surface area contributed by atoms with Crippen molar-refractivity contribution in [3.63, 3.8) is 0 Å². The van der Waals surface area contributed by atoms with Gasteiger partial charge in [-0.15, -0.1) is 0 Å². The molecule has 0 amide bonds. The van der Waals surface area contributed by atoms with Crippen LogP contribution in [0.3, 0.4) is 0 Å². The van der Waals surface area contributed by atoms with E-state index in [2.05, 4.69) is 20.9 Å². The van der Waals surface area contributed by atoms with Crippen molar-refractivity contribution >= 4 is 44.0 Å². The van der Waals surface area contributed by atoms with Crippen LogP contribution in [-0.2, 0) is 0 Å². The lowest BCUT2D eigenvalue weighted by Crippen LogP contribution is -2.11. The van der Waals surface area contributed by atoms with Crippen LogP contribution in [0.4, 0.5) is 0 Å². The molecule has 1 aromatic heterocycles. The van der Waals surface area contributed by atoms with Gasteiger partial charge in [0.05, 0.1) is 11.2 Å². The molecule has 14 heavy (non-hydrogen) atoms. The minimum atomic E-state index is 0.326. The first kappa shape index (κ1) is 9.55. The van der Waals surface area contributed by atoms with E-state index in [-0.39, 0.29) is 0 Å². The van der Waals surface area contributed by atoms with E-state index in [1.165, 1.54) is 0 Å². The molecule has 1 heterocycles. The van der Waals surface area contributed by atoms with Gasteiger partial charge in [0, 0.05) is 9.86 Å². The highest BCUT2D eigenvalue weighted by Crippen LogP contribution is 2.18. The van der Waals surface area contributed by atoms with E-state index < -0.39 is 0 Å². The molecule has 0 spiro atoms. The Kier molecular flexibility index (Phi) is 2.48. The fourth-order valence-electron chi connectivity index (χ4n) is 1.23. The van der Waals surface area contributed by atoms with Crippen molar-refractivity contribution in [2.24, 2.45) is 5.73 Å². The number of thiocarbonyl (C=S) groups is 1. The summed E-state index contributed by atoms with van der Waals surface area (Å²) in [5.74, 6) is 0. The lowest BCUT2D eigenvalue weighted by molar-refractivity contribution is 1.36. The van der Waals surface area contributed by atoms with Crippen LogP contribution in [0.5, 0.6) is 0 Å². The van der Waals surface area contributed by atoms with Crippen LogP contribution in [0, 0.1) is 0 Å². The molecule has 2 aromatic rings. The molecule has 0 aliphatic carbocycles. The summed E-state index contributed by atoms with van der Waals surface area (Å²) in [6.07, 6.45) is 0. The number of nitrogens with zero attached hydrogens (tertiary/aromatic N) is 1. The molecule has 2 rings (SSSR count). The number of halogens is 1. The lowest BCUT2D eigenvalue weighted by atomic mass is 10.2. The van der Waals surface area contributed by atoms with E-state index in [1.807, 2.05) is 30.3 Å². The monoisotopic (exact) mass is 266 g/mol. The number of hydrogen-bond donors (Lipinski definition) is 1. The topological polar surface area (TPSA) is 38.9 Å². The molecule has 2 nitrogen and oxygen atoms in total. The molecule has 0 atom stereocenters. The van der Waals surface area contributed by atoms with Crippen molar-refractivity contribution in [3.05, 3.63) is 40.5 Å². The molecule has 70 valence electrons. The van der Waals surface area contributed by atoms with Crippen molar-refractivity contribution in [2.75, 3.05) is 0 Å². The lowest BCUT2D eigenvalue weighted by Gasteiger charge is -2.01. The van der Waals surface area contributed by atoms with Gasteiger partial charge in [-0.25, -0.2) is 4.98 Å². The van der Waals surface area contributed by atoms with Crippen LogP contribution < -0.4 is 5.73 Å². The zero-order valence-electron chi connectivity index (χ0n) is 7.20. The quantitative estimate of drug-likeness (QED) is 0.807. The Bertz CT molecular complexity index is 510. The van der Waals surface area contributed by atoms with Gasteiger partial charge in [0.25, 0.3) is 0 Å². The first-order chi connectivity index (χ1) is 6.66. The number of fused-ring (bicyclic) bond motifs is 1. The van der Waals surface area contributed by atoms with Gasteiger partial charge in [-0.3, -0.25) is 0 Å². The summed E-state index contributed by atoms with van der Waals surface area (Å²) in [5.41, 5.74) is 7.05. The maximum atomic E-state index is 5.50. The normalized spacial score (nSPS) is 10.4. The zero-order valence-corrected chi connectivity index (χ0v) is 9.60. The Labute approximate surface area is 95.3 Å². The molecule has 0 fully saturated rings. The highest BCUT2D eigenvalue weighted by Gasteiger charge is 2.00. The SMILES string of the molecule is NC(=S)c1ccc2ccc(Br)cc2n1. The number of nitrogens with two attached hydrogens (primary N) is 1. The zero-order chi connectivity index (χ0) is 10.1. The van der Waals surface area contributed by atoms with Crippen molar-refractivity contribution in [1.29, 1.82) is 0 Å². The van der Waals surface area contributed by atoms with Crippen LogP contribution >= 0.6 is 28.1 Å². The highest BCUT2D eigenvalue weighted by atomic mass is 79.9. The first-order valence-corrected chi connectivity index (χ1v) is 5.23. The average Bonchev–Trinajstić information content (AvgIpc) is 2.16. The van der Waals surface area contributed by atoms with Gasteiger partial charge in [-0.2, -0.15) is 0 Å². The van der Waals surface area contributed by atoms with Gasteiger partial charge >= 0.3 is 0 Å². The fourth-order valence-corrected chi connectivity index (χ4v) is 1.69. The molecule has 0 saturated carbocycles. The van der Waals surface area contributed by atoms with Gasteiger partial charge in [0.1, 0.15) is 4.99 Å². The number of aromatic nitrogens is 1. The van der Waals surface area contributed by atoms with Crippen LogP contribution in [0.2, 0.25) is 0 Å². The minimum Gasteiger partial charge on any atom is -0.388 e. The Morgan fingerprint density at radius 1 is 1.29 bits per heavy atom. The van der Waals surface area contributed by atoms with Crippen molar-refractivity contribution in [3.8, 4) is 0 Å². The van der Waals surface area contributed by atoms with E-state index in [4.69, 9.17) is 18.0 Å². The van der Waals surface area contributed by atoms with Crippen LogP contribution in [0.1, 0.15) is 5.69 Å². The maximum absolute atomic E-state index is 5.50. The number of rotatable bonds is 1. The average molecular weight is 267 g/mol. The summed E-state index contributed by atoms with van der Waals surface area (Å²) in [4.78, 5) is 4.67. The standard InChI is InChI=1S/C10H7BrN2S/c11-7-3-1-6-2-4-8(10(12)14)13-9(6)5-7/h1-5H,(H2,12,14). The van der Waals surface area contributed by atoms with Crippen LogP contribution in [0.25, 0.3) is 10.9 Å². The van der Waals surface area contributed by atoms with Crippen molar-refractivity contribution in [1.82, 2.24) is 4.98 Å². The maximum Gasteiger partial charge on any atom is 0.122 e. The van der Waals surface area contributed by atoms with Gasteiger partial charge in [0.2, 0.25) is 0 Å². The van der Waals surface area contributed by atoms with Gasteiger partial charge < -0.3 is 5.73 Å². The fraction of sp³-hybridized carbons (Fsp3) is 0. The number of pyridine rings is 1. The van der Waals surface area contributed by atoms with E-state index >= 15 is 0 Å². The van der Waals surface area contributed by atoms with E-state index in [1.54, 1.807) is 0 Å². The minimum absolute atomic E-state index is 0.326. The second kappa shape index (κ2) is 3.63. The molecule has 2 N–H and O–H groups in total. The van der Waals surface area contributed by atoms with E-state index in [0.717, 1.165) is 15.4 Å².